The summed E-state index contributed by atoms with van der Waals surface area (Å²) < 4.78 is 0. The van der Waals surface area contributed by atoms with Crippen LogP contribution in [-0.4, -0.2) is 28.7 Å². The van der Waals surface area contributed by atoms with Gasteiger partial charge in [-0.1, -0.05) is 29.6 Å². The largest absolute Gasteiger partial charge is 0.285 e. The van der Waals surface area contributed by atoms with Gasteiger partial charge in [0.05, 0.1) is 0 Å². The Kier molecular flexibility index (Phi) is 5.58. The third-order valence-electron chi connectivity index (χ3n) is 5.46. The van der Waals surface area contributed by atoms with Gasteiger partial charge in [0.1, 0.15) is 5.66 Å². The van der Waals surface area contributed by atoms with E-state index in [9.17, 15) is 9.59 Å². The molecule has 8 heteroatoms. The van der Waals surface area contributed by atoms with Crippen LogP contribution in [-0.2, 0) is 0 Å². The number of carbonyl (C=O) groups excluding carboxylic acids is 2. The average molecular weight is 431 g/mol. The number of hydrogen-bond acceptors (Lipinski definition) is 4. The summed E-state index contributed by atoms with van der Waals surface area (Å²) in [5.41, 5.74) is 6.08. The molecule has 2 N–H and O–H groups in total. The number of amides is 2. The zero-order valence-corrected chi connectivity index (χ0v) is 17.1. The fourth-order valence-corrected chi connectivity index (χ4v) is 4.14. The van der Waals surface area contributed by atoms with E-state index >= 15 is 0 Å². The maximum absolute atomic E-state index is 13.2. The number of hydrogen-bond donors (Lipinski definition) is 2. The molecule has 0 aromatic heterocycles. The van der Waals surface area contributed by atoms with E-state index in [1.807, 2.05) is 0 Å². The molecule has 1 aliphatic carbocycles. The lowest BCUT2D eigenvalue weighted by Gasteiger charge is -2.43. The van der Waals surface area contributed by atoms with Crippen molar-refractivity contribution >= 4 is 41.2 Å². The van der Waals surface area contributed by atoms with E-state index in [-0.39, 0.29) is 17.7 Å². The van der Waals surface area contributed by atoms with Crippen molar-refractivity contribution in [1.29, 1.82) is 0 Å². The maximum Gasteiger partial charge on any atom is 0.275 e. The van der Waals surface area contributed by atoms with Crippen LogP contribution in [0.5, 0.6) is 0 Å². The van der Waals surface area contributed by atoms with Crippen LogP contribution in [0.2, 0.25) is 10.0 Å². The summed E-state index contributed by atoms with van der Waals surface area (Å²) in [6, 6.07) is 13.3. The topological polar surface area (TPSA) is 73.8 Å². The predicted octanol–water partition coefficient (Wildman–Crippen LogP) is 4.26. The highest BCUT2D eigenvalue weighted by Crippen LogP contribution is 2.40. The maximum atomic E-state index is 13.2. The molecule has 1 saturated carbocycles. The van der Waals surface area contributed by atoms with Crippen LogP contribution in [0.4, 0.5) is 0 Å². The highest BCUT2D eigenvalue weighted by molar-refractivity contribution is 6.31. The van der Waals surface area contributed by atoms with E-state index < -0.39 is 5.66 Å². The van der Waals surface area contributed by atoms with Gasteiger partial charge in [0.25, 0.3) is 11.8 Å². The lowest BCUT2D eigenvalue weighted by atomic mass is 9.80. The van der Waals surface area contributed by atoms with Crippen molar-refractivity contribution in [2.75, 3.05) is 0 Å². The molecule has 2 aromatic rings. The van der Waals surface area contributed by atoms with Gasteiger partial charge in [0.15, 0.2) is 0 Å². The Hall–Kier alpha value is -2.41. The molecule has 0 bridgehead atoms. The average Bonchev–Trinajstić information content (AvgIpc) is 3.12. The van der Waals surface area contributed by atoms with Crippen LogP contribution in [0.15, 0.2) is 53.6 Å². The number of fused-ring (bicyclic) bond motifs is 1. The molecule has 2 aliphatic rings. The molecule has 6 nitrogen and oxygen atoms in total. The van der Waals surface area contributed by atoms with Crippen LogP contribution >= 0.6 is 23.2 Å². The van der Waals surface area contributed by atoms with Gasteiger partial charge in [-0.15, -0.1) is 0 Å². The first-order valence-corrected chi connectivity index (χ1v) is 10.2. The number of hydrazone groups is 1. The highest BCUT2D eigenvalue weighted by Gasteiger charge is 2.51. The van der Waals surface area contributed by atoms with Gasteiger partial charge in [0, 0.05) is 33.3 Å². The molecule has 2 unspecified atom stereocenters. The molecular formula is C21H20Cl2N4O2. The molecule has 2 amide bonds. The summed E-state index contributed by atoms with van der Waals surface area (Å²) in [6.45, 7) is 0. The summed E-state index contributed by atoms with van der Waals surface area (Å²) >= 11 is 11.8. The molecular weight excluding hydrogens is 411 g/mol. The van der Waals surface area contributed by atoms with Gasteiger partial charge in [-0.3, -0.25) is 15.0 Å². The Morgan fingerprint density at radius 3 is 2.24 bits per heavy atom. The first kappa shape index (κ1) is 19.9. The second-order valence-corrected chi connectivity index (χ2v) is 8.12. The summed E-state index contributed by atoms with van der Waals surface area (Å²) in [5, 5.41) is 6.99. The Bertz CT molecular complexity index is 946. The summed E-state index contributed by atoms with van der Waals surface area (Å²) in [6.07, 6.45) is 5.34. The summed E-state index contributed by atoms with van der Waals surface area (Å²) in [7, 11) is 0. The quantitative estimate of drug-likeness (QED) is 0.711. The minimum absolute atomic E-state index is 0.0121. The van der Waals surface area contributed by atoms with Gasteiger partial charge in [0.2, 0.25) is 0 Å². The molecule has 0 radical (unpaired) electrons. The molecule has 150 valence electrons. The fraction of sp³-hybridized carbons (Fsp3) is 0.286. The van der Waals surface area contributed by atoms with E-state index in [0.29, 0.717) is 27.6 Å². The molecule has 2 aromatic carbocycles. The normalized spacial score (nSPS) is 23.0. The lowest BCUT2D eigenvalue weighted by molar-refractivity contribution is 0.00851. The van der Waals surface area contributed by atoms with Crippen molar-refractivity contribution in [3.8, 4) is 0 Å². The van der Waals surface area contributed by atoms with E-state index in [0.717, 1.165) is 19.3 Å². The first-order valence-electron chi connectivity index (χ1n) is 9.47. The van der Waals surface area contributed by atoms with Crippen molar-refractivity contribution in [2.45, 2.75) is 31.3 Å². The molecule has 4 rings (SSSR count). The Balaban J connectivity index is 1.56. The van der Waals surface area contributed by atoms with Crippen LogP contribution in [0.3, 0.4) is 0 Å². The molecule has 1 aliphatic heterocycles. The van der Waals surface area contributed by atoms with Crippen molar-refractivity contribution in [3.63, 3.8) is 0 Å². The molecule has 0 saturated heterocycles. The number of rotatable bonds is 4. The van der Waals surface area contributed by atoms with Gasteiger partial charge < -0.3 is 0 Å². The van der Waals surface area contributed by atoms with Crippen molar-refractivity contribution < 1.29 is 9.59 Å². The van der Waals surface area contributed by atoms with Crippen LogP contribution in [0, 0.1) is 5.92 Å². The van der Waals surface area contributed by atoms with Crippen molar-refractivity contribution in [2.24, 2.45) is 11.0 Å². The number of nitrogens with one attached hydrogen (secondary N) is 2. The second kappa shape index (κ2) is 8.14. The lowest BCUT2D eigenvalue weighted by Crippen LogP contribution is -2.66. The van der Waals surface area contributed by atoms with Crippen LogP contribution in [0.1, 0.15) is 46.4 Å². The number of carbonyl (C=O) groups is 2. The molecule has 29 heavy (non-hydrogen) atoms. The molecule has 1 fully saturated rings. The van der Waals surface area contributed by atoms with Crippen molar-refractivity contribution in [3.05, 3.63) is 69.7 Å². The Morgan fingerprint density at radius 2 is 1.59 bits per heavy atom. The van der Waals surface area contributed by atoms with Gasteiger partial charge >= 0.3 is 0 Å². The van der Waals surface area contributed by atoms with Gasteiger partial charge in [-0.05, 0) is 67.8 Å². The standard InChI is InChI=1S/C21H20Cl2N4O2/c22-17-8-4-14(5-9-17)19(28)25-26-21-12-2-1-3-16(21)13-24-27(21)20(29)15-6-10-18(23)11-7-15/h4-11,13,16,26H,1-3,12H2,(H,25,28). The SMILES string of the molecule is O=C(NNC12CCCCC1C=NN2C(=O)c1ccc(Cl)cc1)c1ccc(Cl)cc1. The number of benzene rings is 2. The third kappa shape index (κ3) is 3.88. The van der Waals surface area contributed by atoms with Crippen LogP contribution in [0.25, 0.3) is 0 Å². The summed E-state index contributed by atoms with van der Waals surface area (Å²) in [5.74, 6) is -0.528. The zero-order chi connectivity index (χ0) is 20.4. The Labute approximate surface area is 178 Å². The predicted molar refractivity (Wildman–Crippen MR) is 113 cm³/mol. The van der Waals surface area contributed by atoms with Crippen LogP contribution < -0.4 is 10.9 Å². The van der Waals surface area contributed by atoms with E-state index in [4.69, 9.17) is 23.2 Å². The van der Waals surface area contributed by atoms with E-state index in [1.54, 1.807) is 54.7 Å². The van der Waals surface area contributed by atoms with Gasteiger partial charge in [-0.2, -0.15) is 5.10 Å². The zero-order valence-electron chi connectivity index (χ0n) is 15.6. The van der Waals surface area contributed by atoms with Crippen molar-refractivity contribution in [1.82, 2.24) is 15.9 Å². The molecule has 2 atom stereocenters. The minimum Gasteiger partial charge on any atom is -0.285 e. The first-order chi connectivity index (χ1) is 14.0. The number of hydrazine groups is 1. The molecule has 0 spiro atoms. The fourth-order valence-electron chi connectivity index (χ4n) is 3.89. The van der Waals surface area contributed by atoms with E-state index in [1.165, 1.54) is 5.01 Å². The Morgan fingerprint density at radius 1 is 0.966 bits per heavy atom. The van der Waals surface area contributed by atoms with E-state index in [2.05, 4.69) is 16.0 Å². The van der Waals surface area contributed by atoms with Gasteiger partial charge in [-0.25, -0.2) is 10.4 Å². The third-order valence-corrected chi connectivity index (χ3v) is 5.96. The monoisotopic (exact) mass is 430 g/mol. The molecule has 1 heterocycles. The number of nitrogens with zero attached hydrogens (tertiary/aromatic N) is 2. The minimum atomic E-state index is -0.795. The second-order valence-electron chi connectivity index (χ2n) is 7.25. The smallest absolute Gasteiger partial charge is 0.275 e. The highest BCUT2D eigenvalue weighted by atomic mass is 35.5. The summed E-state index contributed by atoms with van der Waals surface area (Å²) in [4.78, 5) is 25.8. The number of halogens is 2.